The van der Waals surface area contributed by atoms with Crippen LogP contribution in [0.25, 0.3) is 0 Å². The number of aromatic hydroxyl groups is 2. The zero-order valence-electron chi connectivity index (χ0n) is 49.9. The van der Waals surface area contributed by atoms with Gasteiger partial charge in [0, 0.05) is 72.7 Å². The number of nitrogens with zero attached hydrogens (tertiary/aromatic N) is 3. The second kappa shape index (κ2) is 38.0. The van der Waals surface area contributed by atoms with E-state index >= 15 is 0 Å². The minimum absolute atomic E-state index is 0.0440. The summed E-state index contributed by atoms with van der Waals surface area (Å²) in [4.78, 5) is 96.6. The van der Waals surface area contributed by atoms with Crippen molar-refractivity contribution >= 4 is 58.0 Å². The van der Waals surface area contributed by atoms with Gasteiger partial charge in [0.05, 0.1) is 37.6 Å². The van der Waals surface area contributed by atoms with E-state index in [0.717, 1.165) is 63.8 Å². The van der Waals surface area contributed by atoms with Crippen LogP contribution in [-0.2, 0) is 0 Å². The van der Waals surface area contributed by atoms with E-state index in [1.54, 1.807) is 71.9 Å². The molecule has 19 heteroatoms. The lowest BCUT2D eigenvalue weighted by Gasteiger charge is -2.07. The molecule has 7 rings (SSSR count). The molecular formula is C66H76N4O15. The normalized spacial score (nSPS) is 10.1. The Morgan fingerprint density at radius 1 is 0.447 bits per heavy atom. The van der Waals surface area contributed by atoms with Crippen molar-refractivity contribution in [1.29, 1.82) is 0 Å². The van der Waals surface area contributed by atoms with Gasteiger partial charge in [-0.25, -0.2) is 0 Å². The van der Waals surface area contributed by atoms with Crippen molar-refractivity contribution < 1.29 is 58.9 Å². The van der Waals surface area contributed by atoms with E-state index in [2.05, 4.69) is 0 Å². The second-order valence-corrected chi connectivity index (χ2v) is 18.9. The van der Waals surface area contributed by atoms with Crippen molar-refractivity contribution in [3.05, 3.63) is 243 Å². The molecule has 85 heavy (non-hydrogen) atoms. The molecule has 0 amide bonds. The average molecular weight is 1170 g/mol. The predicted molar refractivity (Wildman–Crippen MR) is 330 cm³/mol. The molecule has 0 bridgehead atoms. The molecule has 0 heterocycles. The number of phenols is 2. The van der Waals surface area contributed by atoms with Crippen LogP contribution in [0.1, 0.15) is 182 Å². The largest absolute Gasteiger partial charge is 0.508 e. The molecule has 7 aromatic rings. The Kier molecular flexibility index (Phi) is 32.7. The lowest BCUT2D eigenvalue weighted by Crippen LogP contribution is -2.02. The molecule has 0 saturated carbocycles. The number of nitrogens with two attached hydrogens (primary N) is 1. The highest BCUT2D eigenvalue weighted by molar-refractivity contribution is 6.02. The maximum Gasteiger partial charge on any atom is 0.280 e. The number of aliphatic hydroxyl groups is 1. The van der Waals surface area contributed by atoms with Gasteiger partial charge in [-0.05, 0) is 112 Å². The fourth-order valence-electron chi connectivity index (χ4n) is 7.40. The molecule has 5 N–H and O–H groups in total. The molecule has 19 nitrogen and oxygen atoms in total. The van der Waals surface area contributed by atoms with Crippen LogP contribution >= 0.6 is 0 Å². The van der Waals surface area contributed by atoms with Gasteiger partial charge < -0.3 is 21.1 Å². The first-order chi connectivity index (χ1) is 40.1. The van der Waals surface area contributed by atoms with Crippen LogP contribution in [0, 0.1) is 65.0 Å². The third-order valence-electron chi connectivity index (χ3n) is 12.1. The molecule has 0 aliphatic rings. The van der Waals surface area contributed by atoms with Crippen LogP contribution in [0.15, 0.2) is 146 Å². The number of rotatable bonds is 16. The van der Waals surface area contributed by atoms with E-state index in [1.807, 2.05) is 101 Å². The highest BCUT2D eigenvalue weighted by Crippen LogP contribution is 2.26. The number of hydrogen-bond donors (Lipinski definition) is 4. The molecule has 0 aromatic heterocycles. The number of Topliss-reactive ketones (excluding diaryl/α,β-unsaturated/α-hetero) is 5. The van der Waals surface area contributed by atoms with Crippen LogP contribution in [0.5, 0.6) is 11.5 Å². The summed E-state index contributed by atoms with van der Waals surface area (Å²) in [6.45, 7) is 20.2. The highest BCUT2D eigenvalue weighted by Gasteiger charge is 2.21. The van der Waals surface area contributed by atoms with Gasteiger partial charge in [-0.2, -0.15) is 0 Å². The number of aryl methyl sites for hydroxylation is 5. The first-order valence-corrected chi connectivity index (χ1v) is 27.2. The topological polar surface area (TPSA) is 319 Å². The summed E-state index contributed by atoms with van der Waals surface area (Å²) in [6, 6.07) is 40.1. The Labute approximate surface area is 495 Å². The molecular weight excluding hydrogens is 1090 g/mol. The van der Waals surface area contributed by atoms with E-state index in [-0.39, 0.29) is 99.5 Å². The number of anilines is 1. The first kappa shape index (κ1) is 73.1. The van der Waals surface area contributed by atoms with Crippen molar-refractivity contribution in [3.63, 3.8) is 0 Å². The lowest BCUT2D eigenvalue weighted by molar-refractivity contribution is -0.385. The maximum atomic E-state index is 11.4. The summed E-state index contributed by atoms with van der Waals surface area (Å²) >= 11 is 0. The van der Waals surface area contributed by atoms with E-state index in [0.29, 0.717) is 24.1 Å². The monoisotopic (exact) mass is 1160 g/mol. The molecule has 0 spiro atoms. The third kappa shape index (κ3) is 25.9. The Balaban J connectivity index is 0.000000498. The molecule has 1 unspecified atom stereocenters. The summed E-state index contributed by atoms with van der Waals surface area (Å²) in [5.41, 5.74) is 14.0. The number of benzene rings is 7. The number of nitro groups is 3. The average Bonchev–Trinajstić information content (AvgIpc) is 3.60. The van der Waals surface area contributed by atoms with Crippen LogP contribution in [-0.4, -0.2) is 65.3 Å². The Morgan fingerprint density at radius 2 is 0.800 bits per heavy atom. The van der Waals surface area contributed by atoms with Crippen molar-refractivity contribution in [2.45, 2.75) is 121 Å². The fourth-order valence-corrected chi connectivity index (χ4v) is 7.40. The number of hydrogen-bond acceptors (Lipinski definition) is 16. The zero-order chi connectivity index (χ0) is 64.5. The van der Waals surface area contributed by atoms with Gasteiger partial charge in [0.1, 0.15) is 17.8 Å². The molecule has 0 aliphatic carbocycles. The van der Waals surface area contributed by atoms with E-state index in [9.17, 15) is 64.2 Å². The van der Waals surface area contributed by atoms with Crippen LogP contribution in [0.4, 0.5) is 22.7 Å². The van der Waals surface area contributed by atoms with E-state index < -0.39 is 14.8 Å². The molecule has 1 atom stereocenters. The van der Waals surface area contributed by atoms with Gasteiger partial charge in [0.15, 0.2) is 28.9 Å². The number of ketones is 5. The van der Waals surface area contributed by atoms with Crippen molar-refractivity contribution in [1.82, 2.24) is 0 Å². The minimum atomic E-state index is -0.637. The number of aliphatic hydroxyl groups excluding tert-OH is 1. The number of carbonyl (C=O) groups is 6. The summed E-state index contributed by atoms with van der Waals surface area (Å²) in [6.07, 6.45) is 3.06. The maximum absolute atomic E-state index is 11.4. The minimum Gasteiger partial charge on any atom is -0.508 e. The Morgan fingerprint density at radius 3 is 1.18 bits per heavy atom. The van der Waals surface area contributed by atoms with Gasteiger partial charge in [-0.15, -0.1) is 0 Å². The molecule has 0 aliphatic heterocycles. The zero-order valence-corrected chi connectivity index (χ0v) is 49.9. The van der Waals surface area contributed by atoms with Crippen LogP contribution in [0.2, 0.25) is 0 Å². The van der Waals surface area contributed by atoms with Gasteiger partial charge in [-0.3, -0.25) is 59.1 Å². The molecule has 0 saturated heterocycles. The third-order valence-corrected chi connectivity index (χ3v) is 12.1. The Bertz CT molecular complexity index is 3250. The smallest absolute Gasteiger partial charge is 0.280 e. The van der Waals surface area contributed by atoms with E-state index in [1.165, 1.54) is 42.0 Å². The highest BCUT2D eigenvalue weighted by atomic mass is 16.6. The van der Waals surface area contributed by atoms with Gasteiger partial charge in [0.25, 0.3) is 17.1 Å². The summed E-state index contributed by atoms with van der Waals surface area (Å²) < 4.78 is 0. The summed E-state index contributed by atoms with van der Waals surface area (Å²) in [7, 11) is 0. The van der Waals surface area contributed by atoms with Gasteiger partial charge >= 0.3 is 0 Å². The standard InChI is InChI=1S/2C10H11NO3.C10H14O.C10H12O.C9H9NO4.C9H11NO2.C8H8O/c2*1-3-10(12)8-6-7(2)4-5-9(8)11(13)14;2*1-3-10(11)9-6-4-5-8(2)7-9;1-2-9(12)7-5-6(11)3-4-8(7)10(13)14;1-2-9(12)7-5-6(11)3-4-8(7)10;1-7-3-2-4-8(5-7)6-9/h2*4-6H,3H2,1-2H3;4-7,10-11H,3H2,1-2H3;4-7H,3H2,1-2H3;3-5,11H,2H2,1H3;3-5,11H,2,10H2,1H3;2-6H,1H3. The summed E-state index contributed by atoms with van der Waals surface area (Å²) in [5.74, 6) is -0.654. The number of aldehydes is 1. The molecule has 0 radical (unpaired) electrons. The first-order valence-electron chi connectivity index (χ1n) is 27.2. The van der Waals surface area contributed by atoms with Crippen LogP contribution < -0.4 is 5.73 Å². The molecule has 7 aromatic carbocycles. The fraction of sp³-hybridized carbons (Fsp3) is 0.273. The SMILES string of the molecule is CCC(=O)c1cc(C)ccc1[N+](=O)[O-].CCC(=O)c1cc(C)ccc1[N+](=O)[O-].CCC(=O)c1cc(O)ccc1N.CCC(=O)c1cc(O)ccc1[N+](=O)[O-].CCC(=O)c1cccc(C)c1.CCC(O)c1cccc(C)c1.Cc1cccc(C=O)c1. The number of nitro benzene ring substituents is 3. The van der Waals surface area contributed by atoms with Crippen LogP contribution in [0.3, 0.4) is 0 Å². The summed E-state index contributed by atoms with van der Waals surface area (Å²) in [5, 5.41) is 59.4. The van der Waals surface area contributed by atoms with Crippen molar-refractivity contribution in [2.24, 2.45) is 0 Å². The number of nitrogen functional groups attached to an aromatic ring is 1. The molecule has 0 fully saturated rings. The predicted octanol–water partition coefficient (Wildman–Crippen LogP) is 15.3. The second-order valence-electron chi connectivity index (χ2n) is 18.9. The lowest BCUT2D eigenvalue weighted by atomic mass is 10.0. The number of phenolic OH excluding ortho intramolecular Hbond substituents is 2. The molecule has 450 valence electrons. The van der Waals surface area contributed by atoms with Gasteiger partial charge in [-0.1, -0.05) is 131 Å². The van der Waals surface area contributed by atoms with Crippen molar-refractivity contribution in [3.8, 4) is 11.5 Å². The quantitative estimate of drug-likeness (QED) is 0.0174. The van der Waals surface area contributed by atoms with E-state index in [4.69, 9.17) is 15.9 Å². The van der Waals surface area contributed by atoms with Crippen molar-refractivity contribution in [2.75, 3.05) is 5.73 Å². The van der Waals surface area contributed by atoms with Gasteiger partial charge in [0.2, 0.25) is 0 Å². The number of carbonyl (C=O) groups excluding carboxylic acids is 6. The Hall–Kier alpha value is -9.88.